The van der Waals surface area contributed by atoms with Crippen molar-refractivity contribution in [1.82, 2.24) is 14.9 Å². The molecule has 1 heterocycles. The molecule has 8 nitrogen and oxygen atoms in total. The van der Waals surface area contributed by atoms with Crippen LogP contribution in [0.5, 0.6) is 0 Å². The predicted octanol–water partition coefficient (Wildman–Crippen LogP) is 0.102. The number of hydrogen-bond acceptors (Lipinski definition) is 4. The number of carbonyl (C=O) groups excluding carboxylic acids is 1. The highest BCUT2D eigenvalue weighted by atomic mass is 16.5. The molecule has 0 bridgehead atoms. The minimum absolute atomic E-state index is 0.182. The number of nitrogens with one attached hydrogen (secondary N) is 2. The smallest absolute Gasteiger partial charge is 0.328 e. The first kappa shape index (κ1) is 16.5. The van der Waals surface area contributed by atoms with E-state index in [2.05, 4.69) is 16.9 Å². The number of carbonyl (C=O) groups is 2. The van der Waals surface area contributed by atoms with Gasteiger partial charge in [0, 0.05) is 0 Å². The Kier molecular flexibility index (Phi) is 5.32. The maximum Gasteiger partial charge on any atom is 0.328 e. The van der Waals surface area contributed by atoms with E-state index in [1.54, 1.807) is 24.3 Å². The average Bonchev–Trinajstić information content (AvgIpc) is 2.82. The second-order valence-electron chi connectivity index (χ2n) is 4.82. The molecule has 2 rings (SSSR count). The van der Waals surface area contributed by atoms with E-state index in [-0.39, 0.29) is 19.8 Å². The van der Waals surface area contributed by atoms with Gasteiger partial charge in [-0.2, -0.15) is 0 Å². The van der Waals surface area contributed by atoms with Gasteiger partial charge in [0.25, 0.3) is 0 Å². The summed E-state index contributed by atoms with van der Waals surface area (Å²) in [6.07, 6.45) is 1.48. The van der Waals surface area contributed by atoms with E-state index in [9.17, 15) is 14.4 Å². The van der Waals surface area contributed by atoms with Crippen molar-refractivity contribution in [3.63, 3.8) is 0 Å². The Morgan fingerprint density at radius 1 is 1.43 bits per heavy atom. The third-order valence-corrected chi connectivity index (χ3v) is 3.14. The van der Waals surface area contributed by atoms with Crippen molar-refractivity contribution in [2.24, 2.45) is 0 Å². The quantitative estimate of drug-likeness (QED) is 0.472. The number of fused-ring (bicyclic) bond motifs is 1. The summed E-state index contributed by atoms with van der Waals surface area (Å²) < 4.78 is 6.29. The van der Waals surface area contributed by atoms with E-state index < -0.39 is 23.6 Å². The zero-order valence-corrected chi connectivity index (χ0v) is 12.3. The lowest BCUT2D eigenvalue weighted by Gasteiger charge is -2.14. The number of para-hydroxylation sites is 2. The highest BCUT2D eigenvalue weighted by molar-refractivity contribution is 5.85. The zero-order chi connectivity index (χ0) is 16.8. The first-order valence-corrected chi connectivity index (χ1v) is 6.91. The molecule has 1 aromatic carbocycles. The van der Waals surface area contributed by atoms with Crippen LogP contribution in [0.1, 0.15) is 0 Å². The van der Waals surface area contributed by atoms with Gasteiger partial charge >= 0.3 is 11.7 Å². The maximum absolute atomic E-state index is 12.0. The van der Waals surface area contributed by atoms with Crippen molar-refractivity contribution in [1.29, 1.82) is 0 Å². The molecule has 1 unspecified atom stereocenters. The Balaban J connectivity index is 2.07. The molecule has 3 N–H and O–H groups in total. The Bertz CT molecular complexity index is 777. The molecule has 0 fully saturated rings. The van der Waals surface area contributed by atoms with Crippen molar-refractivity contribution in [2.75, 3.05) is 13.2 Å². The number of H-pyrrole nitrogens is 1. The van der Waals surface area contributed by atoms with Crippen LogP contribution in [-0.2, 0) is 20.9 Å². The summed E-state index contributed by atoms with van der Waals surface area (Å²) in [6, 6.07) is 5.73. The van der Waals surface area contributed by atoms with Crippen LogP contribution in [0.2, 0.25) is 0 Å². The minimum atomic E-state index is -1.21. The van der Waals surface area contributed by atoms with Crippen molar-refractivity contribution in [3.05, 3.63) is 47.4 Å². The third kappa shape index (κ3) is 4.07. The number of carboxylic acids is 1. The van der Waals surface area contributed by atoms with Gasteiger partial charge in [0.05, 0.1) is 24.2 Å². The van der Waals surface area contributed by atoms with Gasteiger partial charge in [-0.05, 0) is 12.1 Å². The first-order chi connectivity index (χ1) is 11.0. The minimum Gasteiger partial charge on any atom is -0.480 e. The van der Waals surface area contributed by atoms with E-state index in [0.29, 0.717) is 11.0 Å². The number of carboxylic acid groups (broad SMARTS) is 1. The molecule has 0 saturated heterocycles. The first-order valence-electron chi connectivity index (χ1n) is 6.91. The van der Waals surface area contributed by atoms with Gasteiger partial charge in [-0.3, -0.25) is 9.36 Å². The van der Waals surface area contributed by atoms with Crippen molar-refractivity contribution in [2.45, 2.75) is 12.6 Å². The number of aliphatic carboxylic acids is 1. The number of aromatic nitrogens is 2. The van der Waals surface area contributed by atoms with Crippen LogP contribution >= 0.6 is 0 Å². The van der Waals surface area contributed by atoms with Crippen molar-refractivity contribution in [3.8, 4) is 0 Å². The lowest BCUT2D eigenvalue weighted by Crippen LogP contribution is -2.45. The fourth-order valence-electron chi connectivity index (χ4n) is 2.09. The molecule has 0 aliphatic carbocycles. The second kappa shape index (κ2) is 7.41. The fraction of sp³-hybridized carbons (Fsp3) is 0.267. The van der Waals surface area contributed by atoms with Crippen molar-refractivity contribution < 1.29 is 19.4 Å². The molecule has 1 amide bonds. The van der Waals surface area contributed by atoms with Gasteiger partial charge in [0.2, 0.25) is 5.91 Å². The van der Waals surface area contributed by atoms with Crippen LogP contribution in [-0.4, -0.2) is 45.8 Å². The van der Waals surface area contributed by atoms with E-state index >= 15 is 0 Å². The summed E-state index contributed by atoms with van der Waals surface area (Å²) in [5.41, 5.74) is 0.743. The van der Waals surface area contributed by atoms with Gasteiger partial charge in [-0.25, -0.2) is 9.59 Å². The normalized spacial score (nSPS) is 12.0. The number of ether oxygens (including phenoxy) is 1. The Morgan fingerprint density at radius 3 is 2.87 bits per heavy atom. The number of hydrogen-bond donors (Lipinski definition) is 3. The molecular weight excluding hydrogens is 302 g/mol. The van der Waals surface area contributed by atoms with Crippen LogP contribution in [0.4, 0.5) is 0 Å². The Labute approximate surface area is 131 Å². The molecule has 1 atom stereocenters. The summed E-state index contributed by atoms with van der Waals surface area (Å²) in [5, 5.41) is 11.4. The number of amides is 1. The summed E-state index contributed by atoms with van der Waals surface area (Å²) in [5.74, 6) is -1.81. The lowest BCUT2D eigenvalue weighted by atomic mass is 10.3. The molecule has 122 valence electrons. The van der Waals surface area contributed by atoms with Crippen LogP contribution in [0, 0.1) is 0 Å². The molecule has 0 saturated carbocycles. The fourth-order valence-corrected chi connectivity index (χ4v) is 2.09. The van der Waals surface area contributed by atoms with Crippen LogP contribution < -0.4 is 11.0 Å². The summed E-state index contributed by atoms with van der Waals surface area (Å²) >= 11 is 0. The number of rotatable bonds is 8. The van der Waals surface area contributed by atoms with Gasteiger partial charge in [0.1, 0.15) is 6.54 Å². The second-order valence-corrected chi connectivity index (χ2v) is 4.82. The molecule has 0 spiro atoms. The highest BCUT2D eigenvalue weighted by Gasteiger charge is 2.21. The van der Waals surface area contributed by atoms with E-state index in [1.807, 2.05) is 0 Å². The van der Waals surface area contributed by atoms with Gasteiger partial charge < -0.3 is 20.1 Å². The lowest BCUT2D eigenvalue weighted by molar-refractivity contribution is -0.143. The topological polar surface area (TPSA) is 113 Å². The summed E-state index contributed by atoms with van der Waals surface area (Å²) in [6.45, 7) is 3.16. The monoisotopic (exact) mass is 319 g/mol. The SMILES string of the molecule is C=CCOCC(NC(=O)Cn1c(=O)[nH]c2ccccc21)C(=O)O. The van der Waals surface area contributed by atoms with Crippen LogP contribution in [0.25, 0.3) is 11.0 Å². The van der Waals surface area contributed by atoms with E-state index in [4.69, 9.17) is 9.84 Å². The molecule has 0 aliphatic rings. The van der Waals surface area contributed by atoms with Gasteiger partial charge in [0.15, 0.2) is 6.04 Å². The number of nitrogens with zero attached hydrogens (tertiary/aromatic N) is 1. The number of aromatic amines is 1. The zero-order valence-electron chi connectivity index (χ0n) is 12.3. The van der Waals surface area contributed by atoms with Gasteiger partial charge in [-0.1, -0.05) is 18.2 Å². The molecule has 23 heavy (non-hydrogen) atoms. The average molecular weight is 319 g/mol. The maximum atomic E-state index is 12.0. The largest absolute Gasteiger partial charge is 0.480 e. The molecule has 8 heteroatoms. The molecule has 2 aromatic rings. The highest BCUT2D eigenvalue weighted by Crippen LogP contribution is 2.08. The Hall–Kier alpha value is -2.87. The van der Waals surface area contributed by atoms with Crippen LogP contribution in [0.3, 0.4) is 0 Å². The van der Waals surface area contributed by atoms with Crippen molar-refractivity contribution >= 4 is 22.9 Å². The number of benzene rings is 1. The number of imidazole rings is 1. The van der Waals surface area contributed by atoms with Crippen LogP contribution in [0.15, 0.2) is 41.7 Å². The van der Waals surface area contributed by atoms with E-state index in [0.717, 1.165) is 0 Å². The summed E-state index contributed by atoms with van der Waals surface area (Å²) in [4.78, 5) is 37.7. The molecule has 0 radical (unpaired) electrons. The standard InChI is InChI=1S/C15H17N3O5/c1-2-7-23-9-11(14(20)21)16-13(19)8-18-12-6-4-3-5-10(12)17-15(18)22/h2-6,11H,1,7-9H2,(H,16,19)(H,17,22)(H,20,21). The predicted molar refractivity (Wildman–Crippen MR) is 83.1 cm³/mol. The molecular formula is C15H17N3O5. The summed E-state index contributed by atoms with van der Waals surface area (Å²) in [7, 11) is 0. The Morgan fingerprint density at radius 2 is 2.17 bits per heavy atom. The molecule has 1 aromatic heterocycles. The van der Waals surface area contributed by atoms with E-state index in [1.165, 1.54) is 10.6 Å². The third-order valence-electron chi connectivity index (χ3n) is 3.14. The molecule has 0 aliphatic heterocycles. The van der Waals surface area contributed by atoms with Gasteiger partial charge in [-0.15, -0.1) is 6.58 Å².